The second-order valence-electron chi connectivity index (χ2n) is 9.75. The van der Waals surface area contributed by atoms with E-state index < -0.39 is 0 Å². The molecule has 0 radical (unpaired) electrons. The molecule has 0 bridgehead atoms. The van der Waals surface area contributed by atoms with Gasteiger partial charge in [-0.2, -0.15) is 0 Å². The van der Waals surface area contributed by atoms with E-state index >= 15 is 0 Å². The smallest absolute Gasteiger partial charge is 0.225 e. The Bertz CT molecular complexity index is 941. The van der Waals surface area contributed by atoms with Crippen molar-refractivity contribution in [1.29, 1.82) is 0 Å². The largest absolute Gasteiger partial charge is 0.352 e. The standard InChI is InChI=1S/C25H36N4OS/c1-3-17(2)22-26-23(21-19-11-5-4-6-12-20(19)31-24(21)27-22)28-13-15-29(16-14-28)25(30)18-9-7-8-10-18/h17-18H,3-16H2,1-2H3/t17-/m1/s1. The molecule has 0 unspecified atom stereocenters. The minimum absolute atomic E-state index is 0.280. The van der Waals surface area contributed by atoms with Crippen LogP contribution in [-0.4, -0.2) is 47.0 Å². The second kappa shape index (κ2) is 9.05. The van der Waals surface area contributed by atoms with E-state index in [2.05, 4.69) is 23.6 Å². The van der Waals surface area contributed by atoms with E-state index in [9.17, 15) is 4.79 Å². The molecule has 1 aliphatic heterocycles. The molecule has 5 rings (SSSR count). The maximum absolute atomic E-state index is 12.9. The molecule has 2 aromatic rings. The summed E-state index contributed by atoms with van der Waals surface area (Å²) in [5.41, 5.74) is 1.52. The number of nitrogens with zero attached hydrogens (tertiary/aromatic N) is 4. The molecule has 31 heavy (non-hydrogen) atoms. The molecule has 3 heterocycles. The molecular weight excluding hydrogens is 404 g/mol. The van der Waals surface area contributed by atoms with E-state index in [1.54, 1.807) is 4.88 Å². The van der Waals surface area contributed by atoms with Gasteiger partial charge in [-0.25, -0.2) is 9.97 Å². The molecule has 2 aromatic heterocycles. The van der Waals surface area contributed by atoms with Crippen LogP contribution in [0.3, 0.4) is 0 Å². The van der Waals surface area contributed by atoms with Crippen molar-refractivity contribution in [1.82, 2.24) is 14.9 Å². The van der Waals surface area contributed by atoms with E-state index in [0.29, 0.717) is 11.8 Å². The van der Waals surface area contributed by atoms with Gasteiger partial charge in [-0.15, -0.1) is 11.3 Å². The van der Waals surface area contributed by atoms with Gasteiger partial charge in [0.15, 0.2) is 0 Å². The van der Waals surface area contributed by atoms with Crippen LogP contribution in [0.2, 0.25) is 0 Å². The molecule has 6 heteroatoms. The van der Waals surface area contributed by atoms with Crippen LogP contribution in [0.5, 0.6) is 0 Å². The van der Waals surface area contributed by atoms with E-state index in [0.717, 1.165) is 63.5 Å². The predicted molar refractivity (Wildman–Crippen MR) is 128 cm³/mol. The first kappa shape index (κ1) is 21.2. The Balaban J connectivity index is 1.45. The number of anilines is 1. The molecule has 1 atom stereocenters. The topological polar surface area (TPSA) is 49.3 Å². The molecular formula is C25H36N4OS. The summed E-state index contributed by atoms with van der Waals surface area (Å²) in [7, 11) is 0. The van der Waals surface area contributed by atoms with Crippen LogP contribution in [0.25, 0.3) is 10.2 Å². The third kappa shape index (κ3) is 4.08. The molecule has 5 nitrogen and oxygen atoms in total. The van der Waals surface area contributed by atoms with Crippen molar-refractivity contribution in [3.63, 3.8) is 0 Å². The van der Waals surface area contributed by atoms with Crippen molar-refractivity contribution in [3.05, 3.63) is 16.3 Å². The lowest BCUT2D eigenvalue weighted by atomic mass is 10.0. The highest BCUT2D eigenvalue weighted by atomic mass is 32.1. The van der Waals surface area contributed by atoms with Crippen LogP contribution < -0.4 is 4.90 Å². The summed E-state index contributed by atoms with van der Waals surface area (Å²) in [5, 5.41) is 1.32. The van der Waals surface area contributed by atoms with Gasteiger partial charge in [0, 0.05) is 42.9 Å². The highest BCUT2D eigenvalue weighted by Crippen LogP contribution is 2.40. The fraction of sp³-hybridized carbons (Fsp3) is 0.720. The Morgan fingerprint density at radius 3 is 2.52 bits per heavy atom. The Morgan fingerprint density at radius 1 is 1.03 bits per heavy atom. The van der Waals surface area contributed by atoms with Crippen LogP contribution >= 0.6 is 11.3 Å². The van der Waals surface area contributed by atoms with Crippen LogP contribution in [0.4, 0.5) is 5.82 Å². The van der Waals surface area contributed by atoms with Gasteiger partial charge >= 0.3 is 0 Å². The van der Waals surface area contributed by atoms with Gasteiger partial charge in [0.05, 0.1) is 5.39 Å². The average Bonchev–Trinajstić information content (AvgIpc) is 3.40. The molecule has 0 N–H and O–H groups in total. The van der Waals surface area contributed by atoms with Crippen LogP contribution in [0.15, 0.2) is 0 Å². The van der Waals surface area contributed by atoms with Crippen molar-refractivity contribution >= 4 is 33.3 Å². The van der Waals surface area contributed by atoms with Crippen molar-refractivity contribution in [2.75, 3.05) is 31.1 Å². The summed E-state index contributed by atoms with van der Waals surface area (Å²) in [6.45, 7) is 7.87. The van der Waals surface area contributed by atoms with Crippen molar-refractivity contribution in [2.45, 2.75) is 84.0 Å². The van der Waals surface area contributed by atoms with E-state index in [-0.39, 0.29) is 5.92 Å². The highest BCUT2D eigenvalue weighted by Gasteiger charge is 2.31. The summed E-state index contributed by atoms with van der Waals surface area (Å²) < 4.78 is 0. The molecule has 3 aliphatic rings. The number of thiophene rings is 1. The van der Waals surface area contributed by atoms with Crippen LogP contribution in [0.1, 0.15) is 87.4 Å². The zero-order chi connectivity index (χ0) is 21.4. The molecule has 1 saturated heterocycles. The fourth-order valence-corrected chi connectivity index (χ4v) is 6.80. The number of rotatable bonds is 4. The number of carbonyl (C=O) groups is 1. The minimum atomic E-state index is 0.280. The van der Waals surface area contributed by atoms with Crippen LogP contribution in [-0.2, 0) is 17.6 Å². The van der Waals surface area contributed by atoms with E-state index in [4.69, 9.17) is 9.97 Å². The number of fused-ring (bicyclic) bond motifs is 3. The van der Waals surface area contributed by atoms with E-state index in [1.165, 1.54) is 54.3 Å². The van der Waals surface area contributed by atoms with Gasteiger partial charge in [-0.05, 0) is 50.5 Å². The summed E-state index contributed by atoms with van der Waals surface area (Å²) in [5.74, 6) is 3.19. The molecule has 2 fully saturated rings. The molecule has 0 spiro atoms. The number of amides is 1. The zero-order valence-electron chi connectivity index (χ0n) is 19.2. The number of piperazine rings is 1. The summed E-state index contributed by atoms with van der Waals surface area (Å²) in [6, 6.07) is 0. The van der Waals surface area contributed by atoms with Gasteiger partial charge in [0.2, 0.25) is 5.91 Å². The van der Waals surface area contributed by atoms with Gasteiger partial charge in [0.1, 0.15) is 16.5 Å². The number of aromatic nitrogens is 2. The average molecular weight is 441 g/mol. The SMILES string of the molecule is CC[C@@H](C)c1nc(N2CCN(C(=O)C3CCCC3)CC2)c2c3c(sc2n1)CCCCC3. The lowest BCUT2D eigenvalue weighted by Crippen LogP contribution is -2.50. The molecule has 0 aromatic carbocycles. The summed E-state index contributed by atoms with van der Waals surface area (Å²) in [6.07, 6.45) is 11.9. The lowest BCUT2D eigenvalue weighted by molar-refractivity contribution is -0.135. The summed E-state index contributed by atoms with van der Waals surface area (Å²) >= 11 is 1.91. The Kier molecular flexibility index (Phi) is 6.18. The Hall–Kier alpha value is -1.69. The third-order valence-electron chi connectivity index (χ3n) is 7.71. The highest BCUT2D eigenvalue weighted by molar-refractivity contribution is 7.19. The predicted octanol–water partition coefficient (Wildman–Crippen LogP) is 5.31. The van der Waals surface area contributed by atoms with Gasteiger partial charge in [0.25, 0.3) is 0 Å². The quantitative estimate of drug-likeness (QED) is 0.604. The number of carbonyl (C=O) groups excluding carboxylic acids is 1. The van der Waals surface area contributed by atoms with Gasteiger partial charge in [-0.1, -0.05) is 33.1 Å². The Labute approximate surface area is 190 Å². The first-order chi connectivity index (χ1) is 15.2. The molecule has 1 amide bonds. The lowest BCUT2D eigenvalue weighted by Gasteiger charge is -2.37. The van der Waals surface area contributed by atoms with Crippen molar-refractivity contribution in [2.24, 2.45) is 5.92 Å². The number of hydrogen-bond donors (Lipinski definition) is 0. The normalized spacial score (nSPS) is 21.4. The van der Waals surface area contributed by atoms with Gasteiger partial charge < -0.3 is 9.80 Å². The zero-order valence-corrected chi connectivity index (χ0v) is 20.0. The van der Waals surface area contributed by atoms with Crippen molar-refractivity contribution in [3.8, 4) is 0 Å². The fourth-order valence-electron chi connectivity index (χ4n) is 5.53. The second-order valence-corrected chi connectivity index (χ2v) is 10.8. The van der Waals surface area contributed by atoms with E-state index in [1.807, 2.05) is 11.3 Å². The maximum atomic E-state index is 12.9. The van der Waals surface area contributed by atoms with Crippen molar-refractivity contribution < 1.29 is 4.79 Å². The minimum Gasteiger partial charge on any atom is -0.352 e. The van der Waals surface area contributed by atoms with Crippen LogP contribution in [0, 0.1) is 5.92 Å². The molecule has 1 saturated carbocycles. The maximum Gasteiger partial charge on any atom is 0.225 e. The monoisotopic (exact) mass is 440 g/mol. The number of hydrogen-bond acceptors (Lipinski definition) is 5. The summed E-state index contributed by atoms with van der Waals surface area (Å²) in [4.78, 5) is 30.4. The number of aryl methyl sites for hydroxylation is 2. The molecule has 2 aliphatic carbocycles. The first-order valence-electron chi connectivity index (χ1n) is 12.5. The Morgan fingerprint density at radius 2 is 1.77 bits per heavy atom. The molecule has 168 valence electrons. The van der Waals surface area contributed by atoms with Gasteiger partial charge in [-0.3, -0.25) is 4.79 Å². The first-order valence-corrected chi connectivity index (χ1v) is 13.3. The third-order valence-corrected chi connectivity index (χ3v) is 8.90.